The van der Waals surface area contributed by atoms with Crippen LogP contribution in [0, 0.1) is 12.8 Å². The van der Waals surface area contributed by atoms with Gasteiger partial charge in [-0.15, -0.1) is 11.3 Å². The molecule has 3 unspecified atom stereocenters. The summed E-state index contributed by atoms with van der Waals surface area (Å²) in [4.78, 5) is 4.50. The van der Waals surface area contributed by atoms with E-state index in [2.05, 4.69) is 22.6 Å². The predicted octanol–water partition coefficient (Wildman–Crippen LogP) is 2.65. The number of thiazole rings is 1. The highest BCUT2D eigenvalue weighted by molar-refractivity contribution is 7.09. The Labute approximate surface area is 107 Å². The number of aromatic nitrogens is 1. The fourth-order valence-electron chi connectivity index (χ4n) is 2.48. The van der Waals surface area contributed by atoms with Crippen LogP contribution in [0.5, 0.6) is 0 Å². The Morgan fingerprint density at radius 2 is 2.41 bits per heavy atom. The molecule has 1 aromatic heterocycles. The summed E-state index contributed by atoms with van der Waals surface area (Å²) in [6.07, 6.45) is 4.27. The molecule has 0 spiro atoms. The lowest BCUT2D eigenvalue weighted by Crippen LogP contribution is -2.30. The molecule has 4 heteroatoms. The van der Waals surface area contributed by atoms with Crippen molar-refractivity contribution in [1.82, 2.24) is 10.3 Å². The molecule has 17 heavy (non-hydrogen) atoms. The lowest BCUT2D eigenvalue weighted by molar-refractivity contribution is 0.0998. The van der Waals surface area contributed by atoms with Gasteiger partial charge in [-0.1, -0.05) is 6.42 Å². The summed E-state index contributed by atoms with van der Waals surface area (Å²) in [7, 11) is 0. The van der Waals surface area contributed by atoms with Gasteiger partial charge in [-0.05, 0) is 45.6 Å². The maximum Gasteiger partial charge on any atom is 0.0898 e. The predicted molar refractivity (Wildman–Crippen MR) is 71.2 cm³/mol. The zero-order chi connectivity index (χ0) is 12.3. The molecule has 1 heterocycles. The van der Waals surface area contributed by atoms with Gasteiger partial charge in [0.15, 0.2) is 0 Å². The SMILES string of the molecule is Cc1nc(C(C)NCC2CCCC(O)C2)cs1. The van der Waals surface area contributed by atoms with E-state index >= 15 is 0 Å². The molecule has 1 aliphatic rings. The van der Waals surface area contributed by atoms with Crippen LogP contribution < -0.4 is 5.32 Å². The average molecular weight is 254 g/mol. The Morgan fingerprint density at radius 3 is 3.06 bits per heavy atom. The first-order chi connectivity index (χ1) is 8.15. The Bertz CT molecular complexity index is 353. The zero-order valence-electron chi connectivity index (χ0n) is 10.6. The third-order valence-electron chi connectivity index (χ3n) is 3.55. The van der Waals surface area contributed by atoms with Crippen molar-refractivity contribution in [3.05, 3.63) is 16.1 Å². The van der Waals surface area contributed by atoms with Gasteiger partial charge in [-0.2, -0.15) is 0 Å². The second kappa shape index (κ2) is 5.94. The largest absolute Gasteiger partial charge is 0.393 e. The van der Waals surface area contributed by atoms with Crippen LogP contribution in [-0.4, -0.2) is 22.7 Å². The number of aliphatic hydroxyl groups is 1. The second-order valence-corrected chi connectivity index (χ2v) is 6.17. The minimum atomic E-state index is -0.0765. The van der Waals surface area contributed by atoms with E-state index in [4.69, 9.17) is 0 Å². The highest BCUT2D eigenvalue weighted by atomic mass is 32.1. The number of nitrogens with one attached hydrogen (secondary N) is 1. The number of nitrogens with zero attached hydrogens (tertiary/aromatic N) is 1. The molecule has 2 rings (SSSR count). The highest BCUT2D eigenvalue weighted by Gasteiger charge is 2.20. The van der Waals surface area contributed by atoms with Gasteiger partial charge in [0.05, 0.1) is 16.8 Å². The van der Waals surface area contributed by atoms with Crippen molar-refractivity contribution < 1.29 is 5.11 Å². The molecule has 96 valence electrons. The first kappa shape index (κ1) is 13.0. The Morgan fingerprint density at radius 1 is 1.59 bits per heavy atom. The summed E-state index contributed by atoms with van der Waals surface area (Å²) in [5, 5.41) is 16.4. The van der Waals surface area contributed by atoms with Crippen molar-refractivity contribution in [2.45, 2.75) is 51.7 Å². The Hall–Kier alpha value is -0.450. The van der Waals surface area contributed by atoms with E-state index in [-0.39, 0.29) is 6.10 Å². The fourth-order valence-corrected chi connectivity index (χ4v) is 3.18. The highest BCUT2D eigenvalue weighted by Crippen LogP contribution is 2.24. The number of aliphatic hydroxyl groups excluding tert-OH is 1. The van der Waals surface area contributed by atoms with E-state index in [0.29, 0.717) is 12.0 Å². The van der Waals surface area contributed by atoms with E-state index in [0.717, 1.165) is 36.5 Å². The van der Waals surface area contributed by atoms with E-state index in [1.807, 2.05) is 6.92 Å². The number of rotatable bonds is 4. The minimum Gasteiger partial charge on any atom is -0.393 e. The van der Waals surface area contributed by atoms with Crippen LogP contribution in [0.1, 0.15) is 49.4 Å². The topological polar surface area (TPSA) is 45.2 Å². The summed E-state index contributed by atoms with van der Waals surface area (Å²) in [5.74, 6) is 0.626. The zero-order valence-corrected chi connectivity index (χ0v) is 11.5. The molecule has 0 bridgehead atoms. The Balaban J connectivity index is 1.77. The molecular weight excluding hydrogens is 232 g/mol. The van der Waals surface area contributed by atoms with Gasteiger partial charge >= 0.3 is 0 Å². The fraction of sp³-hybridized carbons (Fsp3) is 0.769. The van der Waals surface area contributed by atoms with Crippen LogP contribution in [0.15, 0.2) is 5.38 Å². The normalized spacial score (nSPS) is 27.0. The summed E-state index contributed by atoms with van der Waals surface area (Å²) >= 11 is 1.70. The quantitative estimate of drug-likeness (QED) is 0.868. The molecule has 0 saturated heterocycles. The number of hydrogen-bond donors (Lipinski definition) is 2. The standard InChI is InChI=1S/C13H22N2OS/c1-9(13-8-17-10(2)15-13)14-7-11-4-3-5-12(16)6-11/h8-9,11-12,14,16H,3-7H2,1-2H3. The van der Waals surface area contributed by atoms with E-state index < -0.39 is 0 Å². The Kier molecular flexibility index (Phi) is 4.54. The lowest BCUT2D eigenvalue weighted by atomic mass is 9.87. The van der Waals surface area contributed by atoms with Crippen LogP contribution in [0.3, 0.4) is 0 Å². The van der Waals surface area contributed by atoms with Crippen LogP contribution in [0.2, 0.25) is 0 Å². The third-order valence-corrected chi connectivity index (χ3v) is 4.34. The molecule has 0 radical (unpaired) electrons. The van der Waals surface area contributed by atoms with Crippen molar-refractivity contribution in [3.8, 4) is 0 Å². The molecule has 0 amide bonds. The van der Waals surface area contributed by atoms with Crippen molar-refractivity contribution in [1.29, 1.82) is 0 Å². The number of aryl methyl sites for hydroxylation is 1. The second-order valence-electron chi connectivity index (χ2n) is 5.11. The first-order valence-electron chi connectivity index (χ1n) is 6.48. The average Bonchev–Trinajstić information content (AvgIpc) is 2.73. The lowest BCUT2D eigenvalue weighted by Gasteiger charge is -2.27. The molecule has 3 nitrogen and oxygen atoms in total. The monoisotopic (exact) mass is 254 g/mol. The van der Waals surface area contributed by atoms with E-state index in [1.54, 1.807) is 11.3 Å². The smallest absolute Gasteiger partial charge is 0.0898 e. The van der Waals surface area contributed by atoms with Crippen LogP contribution in [0.25, 0.3) is 0 Å². The van der Waals surface area contributed by atoms with Gasteiger partial charge < -0.3 is 10.4 Å². The van der Waals surface area contributed by atoms with Gasteiger partial charge in [0.2, 0.25) is 0 Å². The molecule has 0 aromatic carbocycles. The van der Waals surface area contributed by atoms with Crippen molar-refractivity contribution >= 4 is 11.3 Å². The van der Waals surface area contributed by atoms with E-state index in [1.165, 1.54) is 6.42 Å². The molecule has 1 aliphatic carbocycles. The van der Waals surface area contributed by atoms with Crippen LogP contribution >= 0.6 is 11.3 Å². The summed E-state index contributed by atoms with van der Waals surface area (Å²) in [6, 6.07) is 0.319. The van der Waals surface area contributed by atoms with Gasteiger partial charge in [0.25, 0.3) is 0 Å². The molecule has 0 aliphatic heterocycles. The van der Waals surface area contributed by atoms with Gasteiger partial charge in [-0.25, -0.2) is 4.98 Å². The summed E-state index contributed by atoms with van der Waals surface area (Å²) in [5.41, 5.74) is 1.14. The van der Waals surface area contributed by atoms with Gasteiger partial charge in [-0.3, -0.25) is 0 Å². The maximum atomic E-state index is 9.63. The molecule has 1 fully saturated rings. The molecule has 2 N–H and O–H groups in total. The minimum absolute atomic E-state index is 0.0765. The molecular formula is C13H22N2OS. The van der Waals surface area contributed by atoms with Crippen LogP contribution in [0.4, 0.5) is 0 Å². The molecule has 1 saturated carbocycles. The molecule has 3 atom stereocenters. The van der Waals surface area contributed by atoms with Crippen molar-refractivity contribution in [3.63, 3.8) is 0 Å². The maximum absolute atomic E-state index is 9.63. The number of hydrogen-bond acceptors (Lipinski definition) is 4. The first-order valence-corrected chi connectivity index (χ1v) is 7.36. The van der Waals surface area contributed by atoms with Gasteiger partial charge in [0, 0.05) is 11.4 Å². The van der Waals surface area contributed by atoms with Crippen LogP contribution in [-0.2, 0) is 0 Å². The van der Waals surface area contributed by atoms with E-state index in [9.17, 15) is 5.11 Å². The summed E-state index contributed by atoms with van der Waals surface area (Å²) in [6.45, 7) is 5.20. The van der Waals surface area contributed by atoms with Crippen molar-refractivity contribution in [2.75, 3.05) is 6.54 Å². The third kappa shape index (κ3) is 3.76. The van der Waals surface area contributed by atoms with Crippen molar-refractivity contribution in [2.24, 2.45) is 5.92 Å². The molecule has 1 aromatic rings. The van der Waals surface area contributed by atoms with Gasteiger partial charge in [0.1, 0.15) is 0 Å². The summed E-state index contributed by atoms with van der Waals surface area (Å²) < 4.78 is 0.